The van der Waals surface area contributed by atoms with Crippen LogP contribution in [0.1, 0.15) is 5.56 Å². The van der Waals surface area contributed by atoms with E-state index >= 15 is 0 Å². The van der Waals surface area contributed by atoms with Crippen molar-refractivity contribution in [3.05, 3.63) is 30.2 Å². The molecular formula is C10H11N5S. The molecule has 16 heavy (non-hydrogen) atoms. The van der Waals surface area contributed by atoms with E-state index in [0.29, 0.717) is 11.1 Å². The molecule has 0 saturated carbocycles. The molecular weight excluding hydrogens is 222 g/mol. The van der Waals surface area contributed by atoms with Crippen LogP contribution in [0.15, 0.2) is 34.8 Å². The minimum absolute atomic E-state index is 0.595. The van der Waals surface area contributed by atoms with E-state index in [9.17, 15) is 0 Å². The van der Waals surface area contributed by atoms with Gasteiger partial charge in [0.25, 0.3) is 0 Å². The SMILES string of the molecule is CNc1nccc(Sc2ncc(C)cn2)n1. The van der Waals surface area contributed by atoms with Crippen LogP contribution in [-0.2, 0) is 0 Å². The maximum absolute atomic E-state index is 4.27. The second-order valence-corrected chi connectivity index (χ2v) is 4.10. The van der Waals surface area contributed by atoms with E-state index in [2.05, 4.69) is 25.3 Å². The fourth-order valence-corrected chi connectivity index (χ4v) is 1.71. The van der Waals surface area contributed by atoms with E-state index < -0.39 is 0 Å². The Hall–Kier alpha value is -1.69. The van der Waals surface area contributed by atoms with Crippen LogP contribution in [0.2, 0.25) is 0 Å². The molecule has 0 aliphatic rings. The van der Waals surface area contributed by atoms with Gasteiger partial charge in [-0.3, -0.25) is 0 Å². The summed E-state index contributed by atoms with van der Waals surface area (Å²) in [4.78, 5) is 16.7. The van der Waals surface area contributed by atoms with E-state index in [1.165, 1.54) is 11.8 Å². The third-order valence-corrected chi connectivity index (χ3v) is 2.64. The molecule has 2 aromatic heterocycles. The molecule has 1 N–H and O–H groups in total. The maximum atomic E-state index is 4.27. The second-order valence-electron chi connectivity index (χ2n) is 3.11. The van der Waals surface area contributed by atoms with Gasteiger partial charge in [0.2, 0.25) is 5.95 Å². The standard InChI is InChI=1S/C10H11N5S/c1-7-5-13-10(14-6-7)16-8-3-4-12-9(11-2)15-8/h3-6H,1-2H3,(H,11,12,15). The minimum Gasteiger partial charge on any atom is -0.357 e. The van der Waals surface area contributed by atoms with Crippen molar-refractivity contribution in [2.45, 2.75) is 17.1 Å². The molecule has 0 aliphatic heterocycles. The van der Waals surface area contributed by atoms with Crippen molar-refractivity contribution in [3.8, 4) is 0 Å². The zero-order chi connectivity index (χ0) is 11.4. The molecule has 0 bridgehead atoms. The van der Waals surface area contributed by atoms with Gasteiger partial charge in [-0.2, -0.15) is 0 Å². The highest BCUT2D eigenvalue weighted by Crippen LogP contribution is 2.22. The van der Waals surface area contributed by atoms with Crippen molar-refractivity contribution < 1.29 is 0 Å². The summed E-state index contributed by atoms with van der Waals surface area (Å²) in [6.45, 7) is 1.96. The van der Waals surface area contributed by atoms with Crippen LogP contribution < -0.4 is 5.32 Å². The van der Waals surface area contributed by atoms with Gasteiger partial charge >= 0.3 is 0 Å². The molecule has 0 atom stereocenters. The number of nitrogens with zero attached hydrogens (tertiary/aromatic N) is 4. The summed E-state index contributed by atoms with van der Waals surface area (Å²) >= 11 is 1.41. The first-order valence-corrected chi connectivity index (χ1v) is 5.57. The van der Waals surface area contributed by atoms with Crippen molar-refractivity contribution in [3.63, 3.8) is 0 Å². The second kappa shape index (κ2) is 4.89. The summed E-state index contributed by atoms with van der Waals surface area (Å²) in [5, 5.41) is 4.39. The molecule has 0 aliphatic carbocycles. The van der Waals surface area contributed by atoms with Gasteiger partial charge in [-0.15, -0.1) is 0 Å². The van der Waals surface area contributed by atoms with E-state index in [-0.39, 0.29) is 0 Å². The van der Waals surface area contributed by atoms with Crippen LogP contribution in [0, 0.1) is 6.92 Å². The third kappa shape index (κ3) is 2.66. The maximum Gasteiger partial charge on any atom is 0.223 e. The molecule has 0 aromatic carbocycles. The van der Waals surface area contributed by atoms with E-state index in [1.54, 1.807) is 25.6 Å². The lowest BCUT2D eigenvalue weighted by molar-refractivity contribution is 0.941. The Morgan fingerprint density at radius 1 is 1.19 bits per heavy atom. The molecule has 0 unspecified atom stereocenters. The quantitative estimate of drug-likeness (QED) is 0.644. The molecule has 5 nitrogen and oxygen atoms in total. The Morgan fingerprint density at radius 2 is 1.94 bits per heavy atom. The molecule has 82 valence electrons. The topological polar surface area (TPSA) is 63.6 Å². The summed E-state index contributed by atoms with van der Waals surface area (Å²) in [6, 6.07) is 1.83. The van der Waals surface area contributed by atoms with E-state index in [4.69, 9.17) is 0 Å². The van der Waals surface area contributed by atoms with Crippen LogP contribution in [0.4, 0.5) is 5.95 Å². The van der Waals surface area contributed by atoms with Crippen molar-refractivity contribution in [1.82, 2.24) is 19.9 Å². The van der Waals surface area contributed by atoms with Crippen LogP contribution in [0.5, 0.6) is 0 Å². The van der Waals surface area contributed by atoms with E-state index in [0.717, 1.165) is 10.6 Å². The Bertz CT molecular complexity index is 471. The first-order valence-electron chi connectivity index (χ1n) is 4.75. The summed E-state index contributed by atoms with van der Waals surface area (Å²) in [5.74, 6) is 0.595. The number of nitrogens with one attached hydrogen (secondary N) is 1. The van der Waals surface area contributed by atoms with Crippen molar-refractivity contribution in [2.75, 3.05) is 12.4 Å². The minimum atomic E-state index is 0.595. The van der Waals surface area contributed by atoms with Crippen LogP contribution in [0.3, 0.4) is 0 Å². The highest BCUT2D eigenvalue weighted by molar-refractivity contribution is 7.99. The summed E-state index contributed by atoms with van der Waals surface area (Å²) in [5.41, 5.74) is 1.04. The number of rotatable bonds is 3. The first-order chi connectivity index (χ1) is 7.78. The molecule has 0 spiro atoms. The number of aryl methyl sites for hydroxylation is 1. The monoisotopic (exact) mass is 233 g/mol. The number of aromatic nitrogens is 4. The molecule has 0 radical (unpaired) electrons. The average molecular weight is 233 g/mol. The Morgan fingerprint density at radius 3 is 2.62 bits per heavy atom. The summed E-state index contributed by atoms with van der Waals surface area (Å²) < 4.78 is 0. The van der Waals surface area contributed by atoms with Crippen molar-refractivity contribution >= 4 is 17.7 Å². The van der Waals surface area contributed by atoms with Gasteiger partial charge in [0, 0.05) is 25.6 Å². The van der Waals surface area contributed by atoms with Gasteiger partial charge in [-0.1, -0.05) is 0 Å². The molecule has 2 rings (SSSR count). The van der Waals surface area contributed by atoms with E-state index in [1.807, 2.05) is 13.0 Å². The van der Waals surface area contributed by atoms with Gasteiger partial charge in [0.15, 0.2) is 5.16 Å². The summed E-state index contributed by atoms with van der Waals surface area (Å²) in [7, 11) is 1.78. The molecule has 0 saturated heterocycles. The Labute approximate surface area is 97.8 Å². The molecule has 2 aromatic rings. The number of anilines is 1. The third-order valence-electron chi connectivity index (χ3n) is 1.81. The number of hydrogen-bond acceptors (Lipinski definition) is 6. The lowest BCUT2D eigenvalue weighted by Crippen LogP contribution is -1.96. The predicted molar refractivity (Wildman–Crippen MR) is 62.5 cm³/mol. The average Bonchev–Trinajstić information content (AvgIpc) is 2.32. The van der Waals surface area contributed by atoms with Gasteiger partial charge in [-0.05, 0) is 30.3 Å². The van der Waals surface area contributed by atoms with Gasteiger partial charge < -0.3 is 5.32 Å². The summed E-state index contributed by atoms with van der Waals surface area (Å²) in [6.07, 6.45) is 5.28. The molecule has 6 heteroatoms. The fourth-order valence-electron chi connectivity index (χ4n) is 1.05. The van der Waals surface area contributed by atoms with Crippen LogP contribution in [0.25, 0.3) is 0 Å². The lowest BCUT2D eigenvalue weighted by Gasteiger charge is -2.01. The molecule has 0 amide bonds. The largest absolute Gasteiger partial charge is 0.357 e. The Kier molecular flexibility index (Phi) is 3.31. The van der Waals surface area contributed by atoms with Gasteiger partial charge in [-0.25, -0.2) is 19.9 Å². The lowest BCUT2D eigenvalue weighted by atomic mass is 10.4. The predicted octanol–water partition coefficient (Wildman–Crippen LogP) is 1.77. The van der Waals surface area contributed by atoms with Gasteiger partial charge in [0.1, 0.15) is 5.03 Å². The first kappa shape index (κ1) is 10.8. The highest BCUT2D eigenvalue weighted by atomic mass is 32.2. The normalized spacial score (nSPS) is 10.1. The Balaban J connectivity index is 2.16. The van der Waals surface area contributed by atoms with Gasteiger partial charge in [0.05, 0.1) is 0 Å². The molecule has 2 heterocycles. The fraction of sp³-hybridized carbons (Fsp3) is 0.200. The van der Waals surface area contributed by atoms with Crippen LogP contribution >= 0.6 is 11.8 Å². The van der Waals surface area contributed by atoms with Crippen molar-refractivity contribution in [1.29, 1.82) is 0 Å². The zero-order valence-electron chi connectivity index (χ0n) is 9.01. The molecule has 0 fully saturated rings. The zero-order valence-corrected chi connectivity index (χ0v) is 9.82. The highest BCUT2D eigenvalue weighted by Gasteiger charge is 2.02. The number of hydrogen-bond donors (Lipinski definition) is 1. The smallest absolute Gasteiger partial charge is 0.223 e. The van der Waals surface area contributed by atoms with Crippen LogP contribution in [-0.4, -0.2) is 27.0 Å². The van der Waals surface area contributed by atoms with Crippen molar-refractivity contribution in [2.24, 2.45) is 0 Å².